The average molecular weight is 430 g/mol. The van der Waals surface area contributed by atoms with E-state index in [1.165, 1.54) is 5.56 Å². The molecule has 1 fully saturated rings. The molecular weight excluding hydrogens is 398 g/mol. The van der Waals surface area contributed by atoms with Crippen LogP contribution >= 0.6 is 11.6 Å². The largest absolute Gasteiger partial charge is 0.478 e. The van der Waals surface area contributed by atoms with Crippen molar-refractivity contribution in [3.05, 3.63) is 58.4 Å². The van der Waals surface area contributed by atoms with Crippen LogP contribution in [0, 0.1) is 6.92 Å². The van der Waals surface area contributed by atoms with Crippen molar-refractivity contribution in [2.24, 2.45) is 0 Å². The number of hydrogen-bond donors (Lipinski definition) is 1. The molecule has 0 radical (unpaired) electrons. The van der Waals surface area contributed by atoms with E-state index in [9.17, 15) is 9.90 Å². The molecule has 0 amide bonds. The second-order valence-corrected chi connectivity index (χ2v) is 8.68. The third kappa shape index (κ3) is 5.32. The van der Waals surface area contributed by atoms with Gasteiger partial charge in [-0.1, -0.05) is 17.7 Å². The van der Waals surface area contributed by atoms with E-state index in [4.69, 9.17) is 11.6 Å². The summed E-state index contributed by atoms with van der Waals surface area (Å²) in [5, 5.41) is 10.0. The molecule has 3 rings (SSSR count). The highest BCUT2D eigenvalue weighted by molar-refractivity contribution is 6.31. The summed E-state index contributed by atoms with van der Waals surface area (Å²) in [5.41, 5.74) is 3.32. The number of halogens is 1. The van der Waals surface area contributed by atoms with Crippen LogP contribution in [0.15, 0.2) is 36.7 Å². The van der Waals surface area contributed by atoms with Crippen LogP contribution in [0.3, 0.4) is 0 Å². The third-order valence-corrected chi connectivity index (χ3v) is 6.65. The Morgan fingerprint density at radius 3 is 2.53 bits per heavy atom. The summed E-state index contributed by atoms with van der Waals surface area (Å²) in [6, 6.07) is 8.59. The highest BCUT2D eigenvalue weighted by Crippen LogP contribution is 2.34. The second kappa shape index (κ2) is 10.3. The van der Waals surface area contributed by atoms with E-state index in [1.807, 2.05) is 31.5 Å². The maximum absolute atomic E-state index is 11.6. The summed E-state index contributed by atoms with van der Waals surface area (Å²) >= 11 is 6.25. The first-order valence-corrected chi connectivity index (χ1v) is 11.2. The van der Waals surface area contributed by atoms with E-state index in [1.54, 1.807) is 6.07 Å². The Kier molecular flexibility index (Phi) is 7.73. The van der Waals surface area contributed by atoms with Crippen LogP contribution in [0.4, 0.5) is 5.69 Å². The smallest absolute Gasteiger partial charge is 0.336 e. The number of carboxylic acids is 1. The molecule has 1 saturated carbocycles. The van der Waals surface area contributed by atoms with Crippen molar-refractivity contribution in [2.75, 3.05) is 25.0 Å². The van der Waals surface area contributed by atoms with E-state index >= 15 is 0 Å². The number of carbonyl (C=O) groups is 1. The molecule has 0 saturated heterocycles. The normalized spacial score (nSPS) is 19.1. The van der Waals surface area contributed by atoms with Crippen molar-refractivity contribution in [1.82, 2.24) is 9.88 Å². The predicted octanol–water partition coefficient (Wildman–Crippen LogP) is 5.05. The standard InChI is InChI=1S/C24H32ClN3O2/c1-4-28(23-15-19(25)14-22(17(23)2)24(29)30)21-9-7-20(8-10-21)27(3)13-11-18-6-5-12-26-16-18/h5-6,12,14-16,20-21H,4,7-11,13H2,1-3H3,(H,29,30). The number of aromatic carboxylic acids is 1. The molecule has 162 valence electrons. The van der Waals surface area contributed by atoms with Crippen molar-refractivity contribution in [3.8, 4) is 0 Å². The lowest BCUT2D eigenvalue weighted by molar-refractivity contribution is 0.0696. The number of rotatable bonds is 8. The Balaban J connectivity index is 1.62. The molecule has 2 aromatic rings. The lowest BCUT2D eigenvalue weighted by Gasteiger charge is -2.41. The molecule has 1 aliphatic rings. The fourth-order valence-electron chi connectivity index (χ4n) is 4.66. The van der Waals surface area contributed by atoms with Gasteiger partial charge in [-0.2, -0.15) is 0 Å². The van der Waals surface area contributed by atoms with Gasteiger partial charge in [0.1, 0.15) is 0 Å². The van der Waals surface area contributed by atoms with Crippen LogP contribution in [0.5, 0.6) is 0 Å². The summed E-state index contributed by atoms with van der Waals surface area (Å²) in [7, 11) is 2.22. The third-order valence-electron chi connectivity index (χ3n) is 6.43. The number of hydrogen-bond acceptors (Lipinski definition) is 4. The van der Waals surface area contributed by atoms with Crippen LogP contribution in [-0.4, -0.2) is 53.2 Å². The molecule has 1 heterocycles. The summed E-state index contributed by atoms with van der Waals surface area (Å²) in [4.78, 5) is 20.6. The molecule has 1 N–H and O–H groups in total. The zero-order chi connectivity index (χ0) is 21.7. The first-order chi connectivity index (χ1) is 14.4. The SMILES string of the molecule is CCN(c1cc(Cl)cc(C(=O)O)c1C)C1CCC(N(C)CCc2cccnc2)CC1. The van der Waals surface area contributed by atoms with E-state index in [2.05, 4.69) is 34.8 Å². The van der Waals surface area contributed by atoms with Crippen molar-refractivity contribution in [2.45, 2.75) is 58.0 Å². The molecular formula is C24H32ClN3O2. The molecule has 6 heteroatoms. The maximum atomic E-state index is 11.6. The number of pyridine rings is 1. The number of benzene rings is 1. The van der Waals surface area contributed by atoms with Crippen molar-refractivity contribution in [1.29, 1.82) is 0 Å². The fraction of sp³-hybridized carbons (Fsp3) is 0.500. The number of likely N-dealkylation sites (N-methyl/N-ethyl adjacent to an activating group) is 1. The van der Waals surface area contributed by atoms with Gasteiger partial charge in [-0.25, -0.2) is 4.79 Å². The fourth-order valence-corrected chi connectivity index (χ4v) is 4.87. The summed E-state index contributed by atoms with van der Waals surface area (Å²) in [6.45, 7) is 5.89. The van der Waals surface area contributed by atoms with Crippen LogP contribution in [0.2, 0.25) is 5.02 Å². The van der Waals surface area contributed by atoms with Gasteiger partial charge in [0.2, 0.25) is 0 Å². The quantitative estimate of drug-likeness (QED) is 0.636. The van der Waals surface area contributed by atoms with Gasteiger partial charge in [-0.05, 0) is 82.3 Å². The molecule has 5 nitrogen and oxygen atoms in total. The number of anilines is 1. The van der Waals surface area contributed by atoms with Crippen LogP contribution in [0.1, 0.15) is 54.1 Å². The summed E-state index contributed by atoms with van der Waals surface area (Å²) in [5.74, 6) is -0.925. The zero-order valence-corrected chi connectivity index (χ0v) is 18.9. The highest BCUT2D eigenvalue weighted by Gasteiger charge is 2.29. The summed E-state index contributed by atoms with van der Waals surface area (Å²) < 4.78 is 0. The molecule has 1 aromatic heterocycles. The Morgan fingerprint density at radius 1 is 1.23 bits per heavy atom. The molecule has 1 aromatic carbocycles. The Morgan fingerprint density at radius 2 is 1.93 bits per heavy atom. The second-order valence-electron chi connectivity index (χ2n) is 8.24. The van der Waals surface area contributed by atoms with Gasteiger partial charge >= 0.3 is 5.97 Å². The van der Waals surface area contributed by atoms with Crippen LogP contribution < -0.4 is 4.90 Å². The summed E-state index contributed by atoms with van der Waals surface area (Å²) in [6.07, 6.45) is 9.28. The van der Waals surface area contributed by atoms with Gasteiger partial charge in [0.15, 0.2) is 0 Å². The van der Waals surface area contributed by atoms with Crippen molar-refractivity contribution >= 4 is 23.3 Å². The zero-order valence-electron chi connectivity index (χ0n) is 18.1. The van der Waals surface area contributed by atoms with Crippen LogP contribution in [0.25, 0.3) is 0 Å². The highest BCUT2D eigenvalue weighted by atomic mass is 35.5. The van der Waals surface area contributed by atoms with E-state index in [0.717, 1.165) is 56.4 Å². The number of nitrogens with zero attached hydrogens (tertiary/aromatic N) is 3. The molecule has 0 aliphatic heterocycles. The minimum Gasteiger partial charge on any atom is -0.478 e. The molecule has 30 heavy (non-hydrogen) atoms. The van der Waals surface area contributed by atoms with E-state index in [0.29, 0.717) is 22.7 Å². The van der Waals surface area contributed by atoms with Crippen LogP contribution in [-0.2, 0) is 6.42 Å². The monoisotopic (exact) mass is 429 g/mol. The number of aromatic nitrogens is 1. The van der Waals surface area contributed by atoms with E-state index < -0.39 is 5.97 Å². The lowest BCUT2D eigenvalue weighted by atomic mass is 9.88. The minimum absolute atomic E-state index is 0.291. The lowest BCUT2D eigenvalue weighted by Crippen LogP contribution is -2.44. The predicted molar refractivity (Wildman–Crippen MR) is 123 cm³/mol. The molecule has 0 spiro atoms. The van der Waals surface area contributed by atoms with Gasteiger partial charge in [-0.15, -0.1) is 0 Å². The maximum Gasteiger partial charge on any atom is 0.336 e. The Labute approximate surface area is 184 Å². The van der Waals surface area contributed by atoms with Gasteiger partial charge in [0, 0.05) is 48.3 Å². The Hall–Kier alpha value is -2.11. The minimum atomic E-state index is -0.925. The first kappa shape index (κ1) is 22.6. The topological polar surface area (TPSA) is 56.7 Å². The van der Waals surface area contributed by atoms with Gasteiger partial charge in [-0.3, -0.25) is 4.98 Å². The Bertz CT molecular complexity index is 851. The first-order valence-electron chi connectivity index (χ1n) is 10.8. The van der Waals surface area contributed by atoms with Crippen molar-refractivity contribution in [3.63, 3.8) is 0 Å². The average Bonchev–Trinajstić information content (AvgIpc) is 2.75. The van der Waals surface area contributed by atoms with Gasteiger partial charge in [0.05, 0.1) is 5.56 Å². The van der Waals surface area contributed by atoms with Gasteiger partial charge in [0.25, 0.3) is 0 Å². The molecule has 1 aliphatic carbocycles. The van der Waals surface area contributed by atoms with E-state index in [-0.39, 0.29) is 0 Å². The number of carboxylic acid groups (broad SMARTS) is 1. The molecule has 0 atom stereocenters. The van der Waals surface area contributed by atoms with Gasteiger partial charge < -0.3 is 14.9 Å². The molecule has 0 unspecified atom stereocenters. The molecule has 0 bridgehead atoms. The van der Waals surface area contributed by atoms with Crippen molar-refractivity contribution < 1.29 is 9.90 Å².